The lowest BCUT2D eigenvalue weighted by atomic mass is 10.0. The van der Waals surface area contributed by atoms with E-state index >= 15 is 0 Å². The molecule has 1 atom stereocenters. The van der Waals surface area contributed by atoms with Crippen LogP contribution < -0.4 is 5.73 Å². The van der Waals surface area contributed by atoms with Gasteiger partial charge in [0.1, 0.15) is 6.04 Å². The molecule has 0 saturated heterocycles. The summed E-state index contributed by atoms with van der Waals surface area (Å²) < 4.78 is 31.7. The summed E-state index contributed by atoms with van der Waals surface area (Å²) in [4.78, 5) is 14.8. The van der Waals surface area contributed by atoms with Gasteiger partial charge in [0.25, 0.3) is 0 Å². The molecule has 0 spiro atoms. The summed E-state index contributed by atoms with van der Waals surface area (Å²) in [6.07, 6.45) is 2.23. The molecule has 0 bridgehead atoms. The van der Waals surface area contributed by atoms with E-state index in [0.717, 1.165) is 12.4 Å². The molecule has 0 aliphatic carbocycles. The molecular formula is C10H11Cl3F2N2O2. The molecule has 2 N–H and O–H groups in total. The Kier molecular flexibility index (Phi) is 6.93. The number of nitrogens with zero attached hydrogens (tertiary/aromatic N) is 1. The van der Waals surface area contributed by atoms with Crippen molar-refractivity contribution in [2.24, 2.45) is 5.73 Å². The molecule has 1 heterocycles. The zero-order valence-electron chi connectivity index (χ0n) is 9.70. The Balaban J connectivity index is 0.00000324. The molecule has 1 aromatic heterocycles. The third-order valence-electron chi connectivity index (χ3n) is 2.14. The molecular weight excluding hydrogens is 324 g/mol. The van der Waals surface area contributed by atoms with Crippen molar-refractivity contribution in [1.29, 1.82) is 0 Å². The number of halogens is 5. The monoisotopic (exact) mass is 334 g/mol. The number of esters is 1. The molecule has 1 aromatic rings. The molecule has 0 unspecified atom stereocenters. The molecule has 4 nitrogen and oxygen atoms in total. The first-order chi connectivity index (χ1) is 8.32. The smallest absolute Gasteiger partial charge is 0.379 e. The SMILES string of the molecule is CCOC(=O)C(F)(F)[C@@H](N)c1c(Cl)cncc1Cl.Cl. The molecule has 9 heteroatoms. The van der Waals surface area contributed by atoms with Crippen LogP contribution in [0.3, 0.4) is 0 Å². The van der Waals surface area contributed by atoms with Crippen molar-refractivity contribution in [3.8, 4) is 0 Å². The molecule has 0 fully saturated rings. The van der Waals surface area contributed by atoms with Crippen molar-refractivity contribution in [3.63, 3.8) is 0 Å². The van der Waals surface area contributed by atoms with E-state index in [0.29, 0.717) is 0 Å². The number of hydrogen-bond acceptors (Lipinski definition) is 4. The first kappa shape index (κ1) is 18.3. The van der Waals surface area contributed by atoms with Crippen molar-refractivity contribution in [2.45, 2.75) is 18.9 Å². The van der Waals surface area contributed by atoms with E-state index in [1.165, 1.54) is 6.92 Å². The zero-order valence-corrected chi connectivity index (χ0v) is 12.0. The molecule has 19 heavy (non-hydrogen) atoms. The van der Waals surface area contributed by atoms with E-state index in [1.807, 2.05) is 0 Å². The van der Waals surface area contributed by atoms with Gasteiger partial charge in [-0.05, 0) is 6.92 Å². The second-order valence-electron chi connectivity index (χ2n) is 3.34. The van der Waals surface area contributed by atoms with Gasteiger partial charge in [0.05, 0.1) is 16.7 Å². The number of ether oxygens (including phenoxy) is 1. The van der Waals surface area contributed by atoms with Crippen LogP contribution >= 0.6 is 35.6 Å². The van der Waals surface area contributed by atoms with Gasteiger partial charge >= 0.3 is 11.9 Å². The Morgan fingerprint density at radius 1 is 1.47 bits per heavy atom. The summed E-state index contributed by atoms with van der Waals surface area (Å²) in [5, 5.41) is -0.280. The van der Waals surface area contributed by atoms with Crippen molar-refractivity contribution >= 4 is 41.6 Å². The Labute approximate surface area is 124 Å². The minimum absolute atomic E-state index is 0. The Hall–Kier alpha value is -0.690. The molecule has 0 aliphatic heterocycles. The van der Waals surface area contributed by atoms with E-state index in [2.05, 4.69) is 9.72 Å². The highest BCUT2D eigenvalue weighted by Crippen LogP contribution is 2.37. The molecule has 108 valence electrons. The maximum atomic E-state index is 13.7. The van der Waals surface area contributed by atoms with Crippen molar-refractivity contribution in [1.82, 2.24) is 4.98 Å². The highest BCUT2D eigenvalue weighted by molar-refractivity contribution is 6.35. The second-order valence-corrected chi connectivity index (χ2v) is 4.15. The molecule has 1 rings (SSSR count). The summed E-state index contributed by atoms with van der Waals surface area (Å²) >= 11 is 11.4. The minimum atomic E-state index is -3.93. The fourth-order valence-corrected chi connectivity index (χ4v) is 1.85. The van der Waals surface area contributed by atoms with Gasteiger partial charge in [-0.3, -0.25) is 4.98 Å². The minimum Gasteiger partial charge on any atom is -0.462 e. The van der Waals surface area contributed by atoms with Crippen LogP contribution in [-0.4, -0.2) is 23.5 Å². The number of nitrogens with two attached hydrogens (primary N) is 1. The van der Waals surface area contributed by atoms with Crippen LogP contribution in [0.5, 0.6) is 0 Å². The lowest BCUT2D eigenvalue weighted by Crippen LogP contribution is -2.42. The van der Waals surface area contributed by atoms with Crippen LogP contribution in [0.1, 0.15) is 18.5 Å². The number of carbonyl (C=O) groups is 1. The van der Waals surface area contributed by atoms with Gasteiger partial charge in [-0.25, -0.2) is 4.79 Å². The highest BCUT2D eigenvalue weighted by Gasteiger charge is 2.49. The van der Waals surface area contributed by atoms with Crippen molar-refractivity contribution in [3.05, 3.63) is 28.0 Å². The standard InChI is InChI=1S/C10H10Cl2F2N2O2.ClH/c1-2-18-9(17)10(13,14)8(15)7-5(11)3-16-4-6(7)12;/h3-4,8H,2,15H2,1H3;1H/t8-;/m0./s1. The molecule has 0 radical (unpaired) electrons. The molecule has 0 aliphatic rings. The topological polar surface area (TPSA) is 65.2 Å². The Bertz CT molecular complexity index is 440. The molecule has 0 amide bonds. The Morgan fingerprint density at radius 3 is 2.37 bits per heavy atom. The zero-order chi connectivity index (χ0) is 13.9. The number of carbonyl (C=O) groups excluding carboxylic acids is 1. The molecule has 0 aromatic carbocycles. The highest BCUT2D eigenvalue weighted by atomic mass is 35.5. The maximum Gasteiger partial charge on any atom is 0.379 e. The predicted octanol–water partition coefficient (Wildman–Crippen LogP) is 3.01. The van der Waals surface area contributed by atoms with Gasteiger partial charge in [0.2, 0.25) is 0 Å². The van der Waals surface area contributed by atoms with E-state index in [-0.39, 0.29) is 34.6 Å². The van der Waals surface area contributed by atoms with Gasteiger partial charge in [-0.1, -0.05) is 23.2 Å². The summed E-state index contributed by atoms with van der Waals surface area (Å²) in [7, 11) is 0. The third kappa shape index (κ3) is 3.89. The summed E-state index contributed by atoms with van der Waals surface area (Å²) in [5.74, 6) is -5.65. The summed E-state index contributed by atoms with van der Waals surface area (Å²) in [6, 6.07) is -2.00. The predicted molar refractivity (Wildman–Crippen MR) is 70.0 cm³/mol. The first-order valence-corrected chi connectivity index (χ1v) is 5.67. The number of pyridine rings is 1. The van der Waals surface area contributed by atoms with E-state index in [4.69, 9.17) is 28.9 Å². The summed E-state index contributed by atoms with van der Waals surface area (Å²) in [6.45, 7) is 1.23. The van der Waals surface area contributed by atoms with Crippen LogP contribution in [0.25, 0.3) is 0 Å². The number of alkyl halides is 2. The van der Waals surface area contributed by atoms with Gasteiger partial charge in [-0.15, -0.1) is 12.4 Å². The van der Waals surface area contributed by atoms with Crippen LogP contribution in [0, 0.1) is 0 Å². The van der Waals surface area contributed by atoms with E-state index in [9.17, 15) is 13.6 Å². The first-order valence-electron chi connectivity index (χ1n) is 4.91. The fraction of sp³-hybridized carbons (Fsp3) is 0.400. The van der Waals surface area contributed by atoms with Crippen LogP contribution in [-0.2, 0) is 9.53 Å². The number of rotatable bonds is 4. The van der Waals surface area contributed by atoms with Gasteiger partial charge in [0.15, 0.2) is 0 Å². The van der Waals surface area contributed by atoms with Gasteiger partial charge in [0, 0.05) is 18.0 Å². The normalized spacial score (nSPS) is 12.5. The maximum absolute atomic E-state index is 13.7. The number of aromatic nitrogens is 1. The van der Waals surface area contributed by atoms with Gasteiger partial charge in [-0.2, -0.15) is 8.78 Å². The van der Waals surface area contributed by atoms with Crippen LogP contribution in [0.2, 0.25) is 10.0 Å². The van der Waals surface area contributed by atoms with Crippen molar-refractivity contribution in [2.75, 3.05) is 6.61 Å². The summed E-state index contributed by atoms with van der Waals surface area (Å²) in [5.41, 5.74) is 5.11. The third-order valence-corrected chi connectivity index (χ3v) is 2.74. The average molecular weight is 336 g/mol. The molecule has 0 saturated carbocycles. The van der Waals surface area contributed by atoms with Crippen LogP contribution in [0.15, 0.2) is 12.4 Å². The quantitative estimate of drug-likeness (QED) is 0.859. The van der Waals surface area contributed by atoms with Gasteiger partial charge < -0.3 is 10.5 Å². The lowest BCUT2D eigenvalue weighted by Gasteiger charge is -2.23. The van der Waals surface area contributed by atoms with E-state index in [1.54, 1.807) is 0 Å². The average Bonchev–Trinajstić information content (AvgIpc) is 2.28. The second kappa shape index (κ2) is 7.19. The largest absolute Gasteiger partial charge is 0.462 e. The Morgan fingerprint density at radius 2 is 1.95 bits per heavy atom. The van der Waals surface area contributed by atoms with Crippen LogP contribution in [0.4, 0.5) is 8.78 Å². The number of hydrogen-bond donors (Lipinski definition) is 1. The van der Waals surface area contributed by atoms with Crippen molar-refractivity contribution < 1.29 is 18.3 Å². The van der Waals surface area contributed by atoms with E-state index < -0.39 is 17.9 Å². The lowest BCUT2D eigenvalue weighted by molar-refractivity contribution is -0.174. The fourth-order valence-electron chi connectivity index (χ4n) is 1.25.